The van der Waals surface area contributed by atoms with Crippen molar-refractivity contribution in [3.63, 3.8) is 0 Å². The smallest absolute Gasteiger partial charge is 0.246 e. The van der Waals surface area contributed by atoms with Crippen molar-refractivity contribution in [1.82, 2.24) is 10.6 Å². The minimum Gasteiger partial charge on any atom is -0.545 e. The number of aliphatic carboxylic acids is 2. The SMILES string of the molecule is CCC(CNC(=O)/C=C(/C)C(=O)[O-])CC(C)CNC(=O)/C(C)=C\C(=O)[O-]. The molecule has 8 heteroatoms. The summed E-state index contributed by atoms with van der Waals surface area (Å²) in [4.78, 5) is 44.4. The number of hydrogen-bond acceptors (Lipinski definition) is 6. The maximum Gasteiger partial charge on any atom is 0.246 e. The second-order valence-electron chi connectivity index (χ2n) is 6.33. The predicted octanol–water partition coefficient (Wildman–Crippen LogP) is -1.34. The minimum atomic E-state index is -1.42. The molecular formula is C18H26N2O6-2. The highest BCUT2D eigenvalue weighted by Crippen LogP contribution is 2.14. The summed E-state index contributed by atoms with van der Waals surface area (Å²) < 4.78 is 0. The van der Waals surface area contributed by atoms with Gasteiger partial charge < -0.3 is 30.4 Å². The van der Waals surface area contributed by atoms with Crippen molar-refractivity contribution >= 4 is 23.8 Å². The Hall–Kier alpha value is -2.64. The molecule has 0 aromatic heterocycles. The van der Waals surface area contributed by atoms with Crippen molar-refractivity contribution in [2.75, 3.05) is 13.1 Å². The van der Waals surface area contributed by atoms with Crippen LogP contribution in [0.2, 0.25) is 0 Å². The van der Waals surface area contributed by atoms with E-state index in [-0.39, 0.29) is 23.0 Å². The Morgan fingerprint density at radius 1 is 0.962 bits per heavy atom. The van der Waals surface area contributed by atoms with Gasteiger partial charge in [0, 0.05) is 24.7 Å². The number of carbonyl (C=O) groups excluding carboxylic acids is 4. The van der Waals surface area contributed by atoms with Gasteiger partial charge in [-0.3, -0.25) is 9.59 Å². The van der Waals surface area contributed by atoms with E-state index in [0.29, 0.717) is 13.1 Å². The third-order valence-electron chi connectivity index (χ3n) is 3.85. The first-order chi connectivity index (χ1) is 12.1. The Morgan fingerprint density at radius 2 is 1.58 bits per heavy atom. The summed E-state index contributed by atoms with van der Waals surface area (Å²) in [6.07, 6.45) is 3.25. The topological polar surface area (TPSA) is 138 Å². The fraction of sp³-hybridized carbons (Fsp3) is 0.556. The molecule has 2 amide bonds. The molecule has 0 heterocycles. The second kappa shape index (κ2) is 11.8. The number of rotatable bonds is 11. The molecule has 2 atom stereocenters. The van der Waals surface area contributed by atoms with E-state index < -0.39 is 23.8 Å². The van der Waals surface area contributed by atoms with E-state index in [2.05, 4.69) is 10.6 Å². The van der Waals surface area contributed by atoms with E-state index in [0.717, 1.165) is 25.0 Å². The van der Waals surface area contributed by atoms with Gasteiger partial charge in [0.05, 0.1) is 11.9 Å². The average Bonchev–Trinajstić information content (AvgIpc) is 2.55. The van der Waals surface area contributed by atoms with Crippen LogP contribution in [0, 0.1) is 11.8 Å². The summed E-state index contributed by atoms with van der Waals surface area (Å²) >= 11 is 0. The van der Waals surface area contributed by atoms with E-state index in [1.54, 1.807) is 0 Å². The molecule has 0 aliphatic heterocycles. The highest BCUT2D eigenvalue weighted by Gasteiger charge is 2.14. The highest BCUT2D eigenvalue weighted by molar-refractivity contribution is 5.98. The lowest BCUT2D eigenvalue weighted by molar-refractivity contribution is -0.299. The standard InChI is InChI=1S/C18H28N2O6/c1-5-14(10-19-15(21)7-13(4)18(25)26)6-11(2)9-20-17(24)12(3)8-16(22)23/h7-8,11,14H,5-6,9-10H2,1-4H3,(H,19,21)(H,20,24)(H,22,23)(H,25,26)/p-2/b12-8-,13-7-. The van der Waals surface area contributed by atoms with Crippen LogP contribution in [0.25, 0.3) is 0 Å². The summed E-state index contributed by atoms with van der Waals surface area (Å²) in [5.74, 6) is -3.51. The van der Waals surface area contributed by atoms with Gasteiger partial charge in [-0.25, -0.2) is 0 Å². The number of carboxylic acids is 2. The maximum atomic E-state index is 11.7. The number of hydrogen-bond donors (Lipinski definition) is 2. The summed E-state index contributed by atoms with van der Waals surface area (Å²) in [6, 6.07) is 0. The number of carbonyl (C=O) groups is 4. The molecule has 2 unspecified atom stereocenters. The summed E-state index contributed by atoms with van der Waals surface area (Å²) in [6.45, 7) is 7.33. The second-order valence-corrected chi connectivity index (χ2v) is 6.33. The Balaban J connectivity index is 4.40. The van der Waals surface area contributed by atoms with Crippen LogP contribution in [0.4, 0.5) is 0 Å². The van der Waals surface area contributed by atoms with Crippen LogP contribution in [0.5, 0.6) is 0 Å². The van der Waals surface area contributed by atoms with Crippen LogP contribution in [0.1, 0.15) is 40.5 Å². The number of nitrogens with one attached hydrogen (secondary N) is 2. The van der Waals surface area contributed by atoms with E-state index in [9.17, 15) is 29.4 Å². The monoisotopic (exact) mass is 366 g/mol. The lowest BCUT2D eigenvalue weighted by Crippen LogP contribution is -2.33. The average molecular weight is 366 g/mol. The largest absolute Gasteiger partial charge is 0.545 e. The summed E-state index contributed by atoms with van der Waals surface area (Å²) in [5.41, 5.74) is -0.0850. The van der Waals surface area contributed by atoms with Crippen LogP contribution in [-0.4, -0.2) is 36.8 Å². The summed E-state index contributed by atoms with van der Waals surface area (Å²) in [7, 11) is 0. The molecule has 0 spiro atoms. The van der Waals surface area contributed by atoms with Crippen molar-refractivity contribution in [2.24, 2.45) is 11.8 Å². The van der Waals surface area contributed by atoms with Gasteiger partial charge in [0.25, 0.3) is 0 Å². The molecule has 0 bridgehead atoms. The third-order valence-corrected chi connectivity index (χ3v) is 3.85. The van der Waals surface area contributed by atoms with Crippen molar-refractivity contribution in [1.29, 1.82) is 0 Å². The van der Waals surface area contributed by atoms with Crippen LogP contribution in [-0.2, 0) is 19.2 Å². The van der Waals surface area contributed by atoms with E-state index in [1.165, 1.54) is 13.8 Å². The zero-order chi connectivity index (χ0) is 20.3. The van der Waals surface area contributed by atoms with Gasteiger partial charge in [-0.05, 0) is 43.8 Å². The van der Waals surface area contributed by atoms with E-state index >= 15 is 0 Å². The Kier molecular flexibility index (Phi) is 10.6. The minimum absolute atomic E-state index is 0.0617. The van der Waals surface area contributed by atoms with Gasteiger partial charge >= 0.3 is 0 Å². The molecule has 0 rings (SSSR count). The first-order valence-electron chi connectivity index (χ1n) is 8.41. The van der Waals surface area contributed by atoms with Crippen LogP contribution in [0.3, 0.4) is 0 Å². The van der Waals surface area contributed by atoms with E-state index in [4.69, 9.17) is 0 Å². The molecule has 0 aliphatic rings. The zero-order valence-electron chi connectivity index (χ0n) is 15.6. The maximum absolute atomic E-state index is 11.7. The molecule has 0 aliphatic carbocycles. The number of amides is 2. The first kappa shape index (κ1) is 23.4. The molecule has 8 nitrogen and oxygen atoms in total. The van der Waals surface area contributed by atoms with Crippen molar-refractivity contribution < 1.29 is 29.4 Å². The molecule has 0 fully saturated rings. The number of carboxylic acid groups (broad SMARTS) is 2. The normalized spacial score (nSPS) is 14.3. The van der Waals surface area contributed by atoms with Gasteiger partial charge in [-0.1, -0.05) is 20.3 Å². The van der Waals surface area contributed by atoms with Crippen molar-refractivity contribution in [3.8, 4) is 0 Å². The molecule has 0 radical (unpaired) electrons. The van der Waals surface area contributed by atoms with Gasteiger partial charge in [0.1, 0.15) is 0 Å². The molecule has 2 N–H and O–H groups in total. The molecule has 0 aromatic carbocycles. The fourth-order valence-corrected chi connectivity index (χ4v) is 2.25. The highest BCUT2D eigenvalue weighted by atomic mass is 16.4. The van der Waals surface area contributed by atoms with Crippen molar-refractivity contribution in [2.45, 2.75) is 40.5 Å². The van der Waals surface area contributed by atoms with Crippen LogP contribution >= 0.6 is 0 Å². The lowest BCUT2D eigenvalue weighted by atomic mass is 9.93. The van der Waals surface area contributed by atoms with Crippen LogP contribution < -0.4 is 20.8 Å². The molecule has 0 aromatic rings. The molecule has 0 saturated heterocycles. The third kappa shape index (κ3) is 10.3. The molecule has 146 valence electrons. The predicted molar refractivity (Wildman–Crippen MR) is 91.1 cm³/mol. The molecular weight excluding hydrogens is 340 g/mol. The fourth-order valence-electron chi connectivity index (χ4n) is 2.25. The van der Waals surface area contributed by atoms with Gasteiger partial charge in [0.2, 0.25) is 11.8 Å². The zero-order valence-corrected chi connectivity index (χ0v) is 15.6. The summed E-state index contributed by atoms with van der Waals surface area (Å²) in [5, 5.41) is 26.3. The quantitative estimate of drug-likeness (QED) is 0.434. The first-order valence-corrected chi connectivity index (χ1v) is 8.41. The van der Waals surface area contributed by atoms with Gasteiger partial charge in [-0.15, -0.1) is 0 Å². The van der Waals surface area contributed by atoms with Gasteiger partial charge in [-0.2, -0.15) is 0 Å². The molecule has 0 saturated carbocycles. The Bertz CT molecular complexity index is 594. The van der Waals surface area contributed by atoms with Gasteiger partial charge in [0.15, 0.2) is 0 Å². The Labute approximate surface area is 153 Å². The lowest BCUT2D eigenvalue weighted by Gasteiger charge is -2.20. The Morgan fingerprint density at radius 3 is 2.08 bits per heavy atom. The van der Waals surface area contributed by atoms with Crippen molar-refractivity contribution in [3.05, 3.63) is 23.3 Å². The van der Waals surface area contributed by atoms with E-state index in [1.807, 2.05) is 13.8 Å². The molecule has 26 heavy (non-hydrogen) atoms. The van der Waals surface area contributed by atoms with Crippen LogP contribution in [0.15, 0.2) is 23.3 Å².